The number of rotatable bonds is 6. The van der Waals surface area contributed by atoms with Crippen LogP contribution in [0.5, 0.6) is 0 Å². The third-order valence-corrected chi connectivity index (χ3v) is 3.55. The predicted molar refractivity (Wildman–Crippen MR) is 69.1 cm³/mol. The van der Waals surface area contributed by atoms with Crippen LogP contribution in [-0.2, 0) is 9.59 Å². The summed E-state index contributed by atoms with van der Waals surface area (Å²) in [5.41, 5.74) is 5.30. The van der Waals surface area contributed by atoms with Crippen LogP contribution in [-0.4, -0.2) is 28.1 Å². The molecule has 5 nitrogen and oxygen atoms in total. The largest absolute Gasteiger partial charge is 0.481 e. The third kappa shape index (κ3) is 5.04. The molecule has 1 saturated carbocycles. The van der Waals surface area contributed by atoms with Crippen molar-refractivity contribution < 1.29 is 14.7 Å². The van der Waals surface area contributed by atoms with Crippen molar-refractivity contribution >= 4 is 11.9 Å². The molecular formula is C13H24N2O3. The average Bonchev–Trinajstić information content (AvgIpc) is 2.60. The molecule has 1 aliphatic rings. The van der Waals surface area contributed by atoms with Crippen molar-refractivity contribution in [2.24, 2.45) is 5.73 Å². The van der Waals surface area contributed by atoms with E-state index >= 15 is 0 Å². The molecule has 0 atom stereocenters. The maximum absolute atomic E-state index is 11.9. The molecular weight excluding hydrogens is 232 g/mol. The van der Waals surface area contributed by atoms with E-state index in [1.54, 1.807) is 0 Å². The van der Waals surface area contributed by atoms with Gasteiger partial charge in [0.2, 0.25) is 5.91 Å². The molecule has 1 amide bonds. The maximum Gasteiger partial charge on any atom is 0.303 e. The van der Waals surface area contributed by atoms with Crippen molar-refractivity contribution in [2.45, 2.75) is 69.9 Å². The van der Waals surface area contributed by atoms with Gasteiger partial charge in [0.05, 0.1) is 0 Å². The molecule has 0 heterocycles. The fourth-order valence-electron chi connectivity index (χ4n) is 2.48. The van der Waals surface area contributed by atoms with Gasteiger partial charge < -0.3 is 16.2 Å². The van der Waals surface area contributed by atoms with Gasteiger partial charge in [0.15, 0.2) is 0 Å². The predicted octanol–water partition coefficient (Wildman–Crippen LogP) is 1.41. The van der Waals surface area contributed by atoms with Gasteiger partial charge in [-0.15, -0.1) is 0 Å². The molecule has 0 bridgehead atoms. The summed E-state index contributed by atoms with van der Waals surface area (Å²) in [7, 11) is 0. The second-order valence-corrected chi connectivity index (χ2v) is 6.07. The van der Waals surface area contributed by atoms with Crippen molar-refractivity contribution in [2.75, 3.05) is 0 Å². The minimum absolute atomic E-state index is 0.0566. The highest BCUT2D eigenvalue weighted by atomic mass is 16.4. The van der Waals surface area contributed by atoms with Crippen LogP contribution >= 0.6 is 0 Å². The van der Waals surface area contributed by atoms with Crippen LogP contribution in [0.3, 0.4) is 0 Å². The van der Waals surface area contributed by atoms with E-state index in [9.17, 15) is 9.59 Å². The minimum atomic E-state index is -0.844. The first kappa shape index (κ1) is 15.0. The van der Waals surface area contributed by atoms with E-state index in [0.717, 1.165) is 25.7 Å². The minimum Gasteiger partial charge on any atom is -0.481 e. The molecule has 0 aromatic carbocycles. The van der Waals surface area contributed by atoms with Gasteiger partial charge in [-0.1, -0.05) is 12.8 Å². The summed E-state index contributed by atoms with van der Waals surface area (Å²) in [6.07, 6.45) is 4.79. The van der Waals surface area contributed by atoms with E-state index in [1.165, 1.54) is 0 Å². The molecule has 4 N–H and O–H groups in total. The van der Waals surface area contributed by atoms with Crippen LogP contribution in [0, 0.1) is 0 Å². The number of carboxylic acid groups (broad SMARTS) is 1. The number of nitrogens with two attached hydrogens (primary N) is 1. The Kier molecular flexibility index (Phi) is 4.73. The highest BCUT2D eigenvalue weighted by molar-refractivity contribution is 5.78. The van der Waals surface area contributed by atoms with E-state index < -0.39 is 11.5 Å². The van der Waals surface area contributed by atoms with Crippen LogP contribution in [0.25, 0.3) is 0 Å². The van der Waals surface area contributed by atoms with E-state index in [-0.39, 0.29) is 17.9 Å². The zero-order valence-corrected chi connectivity index (χ0v) is 11.3. The first-order valence-electron chi connectivity index (χ1n) is 6.54. The molecule has 104 valence electrons. The highest BCUT2D eigenvalue weighted by Gasteiger charge is 2.33. The quantitative estimate of drug-likeness (QED) is 0.670. The van der Waals surface area contributed by atoms with E-state index in [2.05, 4.69) is 5.32 Å². The summed E-state index contributed by atoms with van der Waals surface area (Å²) in [6, 6.07) is 0. The number of aliphatic carboxylic acids is 1. The molecule has 0 aliphatic heterocycles. The lowest BCUT2D eigenvalue weighted by molar-refractivity contribution is -0.138. The fourth-order valence-corrected chi connectivity index (χ4v) is 2.48. The van der Waals surface area contributed by atoms with Gasteiger partial charge in [-0.05, 0) is 33.1 Å². The topological polar surface area (TPSA) is 92.4 Å². The lowest BCUT2D eigenvalue weighted by Crippen LogP contribution is -2.48. The zero-order valence-electron chi connectivity index (χ0n) is 11.3. The average molecular weight is 256 g/mol. The maximum atomic E-state index is 11.9. The number of carboxylic acids is 1. The Morgan fingerprint density at radius 3 is 2.39 bits per heavy atom. The first-order chi connectivity index (χ1) is 8.22. The molecule has 1 aliphatic carbocycles. The molecule has 5 heteroatoms. The molecule has 1 fully saturated rings. The van der Waals surface area contributed by atoms with E-state index in [1.807, 2.05) is 13.8 Å². The van der Waals surface area contributed by atoms with Gasteiger partial charge >= 0.3 is 5.97 Å². The lowest BCUT2D eigenvalue weighted by atomic mass is 9.92. The van der Waals surface area contributed by atoms with E-state index in [0.29, 0.717) is 12.8 Å². The van der Waals surface area contributed by atoms with Gasteiger partial charge in [0, 0.05) is 23.9 Å². The van der Waals surface area contributed by atoms with Gasteiger partial charge in [0.25, 0.3) is 0 Å². The molecule has 0 unspecified atom stereocenters. The zero-order chi connectivity index (χ0) is 13.8. The van der Waals surface area contributed by atoms with Gasteiger partial charge in [-0.25, -0.2) is 0 Å². The van der Waals surface area contributed by atoms with E-state index in [4.69, 9.17) is 10.8 Å². The second kappa shape index (κ2) is 5.69. The summed E-state index contributed by atoms with van der Waals surface area (Å²) in [5.74, 6) is -0.918. The summed E-state index contributed by atoms with van der Waals surface area (Å²) < 4.78 is 0. The standard InChI is InChI=1S/C13H24N2O3/c1-12(2,8-5-11(17)18)15-10(16)9-13(14)6-3-4-7-13/h3-9,14H2,1-2H3,(H,15,16)(H,17,18). The number of nitrogens with one attached hydrogen (secondary N) is 1. The summed E-state index contributed by atoms with van der Waals surface area (Å²) in [5, 5.41) is 11.5. The molecule has 0 spiro atoms. The molecule has 0 saturated heterocycles. The Morgan fingerprint density at radius 1 is 1.33 bits per heavy atom. The third-order valence-electron chi connectivity index (χ3n) is 3.55. The smallest absolute Gasteiger partial charge is 0.303 e. The Morgan fingerprint density at radius 2 is 1.89 bits per heavy atom. The van der Waals surface area contributed by atoms with Crippen LogP contribution < -0.4 is 11.1 Å². The molecule has 0 aromatic rings. The Labute approximate surface area is 108 Å². The highest BCUT2D eigenvalue weighted by Crippen LogP contribution is 2.30. The summed E-state index contributed by atoms with van der Waals surface area (Å²) >= 11 is 0. The lowest BCUT2D eigenvalue weighted by Gasteiger charge is -2.29. The van der Waals surface area contributed by atoms with Crippen LogP contribution in [0.15, 0.2) is 0 Å². The van der Waals surface area contributed by atoms with Crippen molar-refractivity contribution in [1.29, 1.82) is 0 Å². The monoisotopic (exact) mass is 256 g/mol. The number of hydrogen-bond donors (Lipinski definition) is 3. The Hall–Kier alpha value is -1.10. The summed E-state index contributed by atoms with van der Waals surface area (Å²) in [6.45, 7) is 3.68. The molecule has 1 rings (SSSR count). The van der Waals surface area contributed by atoms with Crippen LogP contribution in [0.2, 0.25) is 0 Å². The SMILES string of the molecule is CC(C)(CCC(=O)O)NC(=O)CC1(N)CCCC1. The van der Waals surface area contributed by atoms with Crippen molar-refractivity contribution in [1.82, 2.24) is 5.32 Å². The number of carbonyl (C=O) groups excluding carboxylic acids is 1. The molecule has 18 heavy (non-hydrogen) atoms. The Balaban J connectivity index is 2.40. The van der Waals surface area contributed by atoms with Gasteiger partial charge in [-0.2, -0.15) is 0 Å². The Bertz CT molecular complexity index is 320. The molecule has 0 radical (unpaired) electrons. The summed E-state index contributed by atoms with van der Waals surface area (Å²) in [4.78, 5) is 22.5. The number of amides is 1. The van der Waals surface area contributed by atoms with Gasteiger partial charge in [-0.3, -0.25) is 9.59 Å². The molecule has 0 aromatic heterocycles. The van der Waals surface area contributed by atoms with Crippen molar-refractivity contribution in [3.63, 3.8) is 0 Å². The number of hydrogen-bond acceptors (Lipinski definition) is 3. The van der Waals surface area contributed by atoms with Crippen molar-refractivity contribution in [3.8, 4) is 0 Å². The van der Waals surface area contributed by atoms with Gasteiger partial charge in [0.1, 0.15) is 0 Å². The van der Waals surface area contributed by atoms with Crippen LogP contribution in [0.4, 0.5) is 0 Å². The second-order valence-electron chi connectivity index (χ2n) is 6.07. The fraction of sp³-hybridized carbons (Fsp3) is 0.846. The first-order valence-corrected chi connectivity index (χ1v) is 6.54. The number of carbonyl (C=O) groups is 2. The normalized spacial score (nSPS) is 18.6. The van der Waals surface area contributed by atoms with Crippen molar-refractivity contribution in [3.05, 3.63) is 0 Å². The van der Waals surface area contributed by atoms with Crippen LogP contribution in [0.1, 0.15) is 58.8 Å².